The zero-order chi connectivity index (χ0) is 43.3. The van der Waals surface area contributed by atoms with Crippen LogP contribution in [0.25, 0.3) is 77.2 Å². The van der Waals surface area contributed by atoms with Crippen molar-refractivity contribution < 1.29 is 45.9 Å². The minimum Gasteiger partial charge on any atom is -0.505 e. The Bertz CT molecular complexity index is 3050. The van der Waals surface area contributed by atoms with Gasteiger partial charge in [-0.1, -0.05) is 129 Å². The molecule has 0 saturated heterocycles. The average Bonchev–Trinajstić information content (AvgIpc) is 3.85. The van der Waals surface area contributed by atoms with Gasteiger partial charge in [0.25, 0.3) is 0 Å². The molecule has 0 bridgehead atoms. The SMILES string of the molecule is C.Cc1cc(-c2ccccc2OCC2CCCCC2COc2ccccc2-c2cc(C)cc(-n3c4ccccc4c4ccccc43)c2O)c(O)c(-n2c3ccccc3c3ccccc32)c1.[CH3-].[CH3-].[Zr+2]. The molecule has 1 fully saturated rings. The summed E-state index contributed by atoms with van der Waals surface area (Å²) in [6, 6.07) is 57.9. The Morgan fingerprint density at radius 3 is 1.10 bits per heavy atom. The Balaban J connectivity index is 0.00000171. The van der Waals surface area contributed by atoms with Crippen LogP contribution in [0.3, 0.4) is 0 Å². The maximum absolute atomic E-state index is 12.2. The van der Waals surface area contributed by atoms with Crippen LogP contribution in [-0.4, -0.2) is 32.6 Å². The summed E-state index contributed by atoms with van der Waals surface area (Å²) in [4.78, 5) is 0. The summed E-state index contributed by atoms with van der Waals surface area (Å²) in [6.45, 7) is 5.25. The molecule has 2 heterocycles. The molecule has 2 unspecified atom stereocenters. The number of phenols is 2. The van der Waals surface area contributed by atoms with Gasteiger partial charge >= 0.3 is 26.2 Å². The van der Waals surface area contributed by atoms with E-state index in [0.29, 0.717) is 13.2 Å². The third kappa shape index (κ3) is 8.74. The second-order valence-electron chi connectivity index (χ2n) is 17.5. The molecule has 11 rings (SSSR count). The molecule has 6 nitrogen and oxygen atoms in total. The fourth-order valence-electron chi connectivity index (χ4n) is 10.4. The molecular weight excluding hydrogens is 916 g/mol. The molecular formula is C61H60N2O4Zr. The third-order valence-electron chi connectivity index (χ3n) is 13.4. The molecule has 1 aliphatic rings. The number of fused-ring (bicyclic) bond motifs is 6. The van der Waals surface area contributed by atoms with Crippen LogP contribution in [-0.2, 0) is 26.2 Å². The summed E-state index contributed by atoms with van der Waals surface area (Å²) in [6.07, 6.45) is 4.39. The predicted octanol–water partition coefficient (Wildman–Crippen LogP) is 16.0. The molecule has 0 aliphatic heterocycles. The standard InChI is InChI=1S/C58H50N2O4.CH4.2CH3.Zr/c1-37-31-47(57(61)53(33-37)59-49-25-11-5-19-41(49)42-20-6-12-26-50(42)59)45-23-9-15-29-55(45)63-35-39-17-3-4-18-40(39)36-64-56-30-16-10-24-46(56)48-32-38(2)34-54(58(48)62)60-51-27-13-7-21-43(51)44-22-8-14-28-52(44)60;;;;/h5-16,19-34,39-40,61-62H,3-4,17-18,35-36H2,1-2H3;1H4;2*1H3;/q;;2*-1;+2. The number of aryl methyl sites for hydroxylation is 2. The van der Waals surface area contributed by atoms with Gasteiger partial charge in [0, 0.05) is 43.8 Å². The number of phenolic OH excluding ortho intramolecular Hbond substituents is 2. The van der Waals surface area contributed by atoms with Gasteiger partial charge in [0.1, 0.15) is 23.0 Å². The smallest absolute Gasteiger partial charge is 0.505 e. The second-order valence-corrected chi connectivity index (χ2v) is 17.5. The first-order valence-electron chi connectivity index (χ1n) is 22.5. The van der Waals surface area contributed by atoms with E-state index in [4.69, 9.17) is 9.47 Å². The van der Waals surface area contributed by atoms with Crippen LogP contribution >= 0.6 is 0 Å². The fourth-order valence-corrected chi connectivity index (χ4v) is 10.4. The Labute approximate surface area is 420 Å². The minimum atomic E-state index is 0. The molecule has 7 heteroatoms. The van der Waals surface area contributed by atoms with E-state index >= 15 is 0 Å². The largest absolute Gasteiger partial charge is 2.00 e. The van der Waals surface area contributed by atoms with Gasteiger partial charge in [0.15, 0.2) is 0 Å². The van der Waals surface area contributed by atoms with Gasteiger partial charge in [0.2, 0.25) is 0 Å². The van der Waals surface area contributed by atoms with E-state index in [1.807, 2.05) is 48.5 Å². The predicted molar refractivity (Wildman–Crippen MR) is 281 cm³/mol. The van der Waals surface area contributed by atoms with Gasteiger partial charge in [-0.15, -0.1) is 0 Å². The van der Waals surface area contributed by atoms with Crippen molar-refractivity contribution in [2.45, 2.75) is 47.0 Å². The zero-order valence-electron chi connectivity index (χ0n) is 38.7. The molecule has 1 aliphatic carbocycles. The average molecular weight is 976 g/mol. The van der Waals surface area contributed by atoms with Crippen LogP contribution < -0.4 is 9.47 Å². The van der Waals surface area contributed by atoms with Crippen LogP contribution in [0.1, 0.15) is 44.2 Å². The summed E-state index contributed by atoms with van der Waals surface area (Å²) in [5, 5.41) is 29.0. The Morgan fingerprint density at radius 1 is 0.441 bits per heavy atom. The number of hydrogen-bond acceptors (Lipinski definition) is 4. The number of benzene rings is 8. The summed E-state index contributed by atoms with van der Waals surface area (Å²) in [7, 11) is 0. The Morgan fingerprint density at radius 2 is 0.750 bits per heavy atom. The third-order valence-corrected chi connectivity index (χ3v) is 13.4. The van der Waals surface area contributed by atoms with Crippen molar-refractivity contribution >= 4 is 43.6 Å². The van der Waals surface area contributed by atoms with Crippen molar-refractivity contribution in [2.75, 3.05) is 13.2 Å². The number of rotatable bonds is 10. The number of para-hydroxylation sites is 6. The quantitative estimate of drug-likeness (QED) is 0.134. The monoisotopic (exact) mass is 974 g/mol. The molecule has 2 N–H and O–H groups in total. The van der Waals surface area contributed by atoms with E-state index < -0.39 is 0 Å². The van der Waals surface area contributed by atoms with Gasteiger partial charge in [-0.2, -0.15) is 0 Å². The molecule has 342 valence electrons. The molecule has 10 aromatic rings. The van der Waals surface area contributed by atoms with Gasteiger partial charge in [-0.25, -0.2) is 0 Å². The topological polar surface area (TPSA) is 68.8 Å². The van der Waals surface area contributed by atoms with Crippen LogP contribution in [0, 0.1) is 40.5 Å². The molecule has 1 saturated carbocycles. The zero-order valence-corrected chi connectivity index (χ0v) is 41.1. The van der Waals surface area contributed by atoms with E-state index in [-0.39, 0.29) is 71.8 Å². The Kier molecular flexibility index (Phi) is 15.1. The molecule has 2 atom stereocenters. The first kappa shape index (κ1) is 49.4. The maximum Gasteiger partial charge on any atom is 2.00 e. The van der Waals surface area contributed by atoms with Crippen molar-refractivity contribution in [1.82, 2.24) is 9.13 Å². The fraction of sp³-hybridized carbons (Fsp3) is 0.180. The van der Waals surface area contributed by atoms with Crippen molar-refractivity contribution in [1.29, 1.82) is 0 Å². The first-order valence-corrected chi connectivity index (χ1v) is 22.5. The Hall–Kier alpha value is -6.56. The van der Waals surface area contributed by atoms with Gasteiger partial charge in [-0.05, 0) is 110 Å². The molecule has 68 heavy (non-hydrogen) atoms. The summed E-state index contributed by atoms with van der Waals surface area (Å²) in [5.41, 5.74) is 11.0. The number of ether oxygens (including phenoxy) is 2. The second kappa shape index (κ2) is 20.8. The van der Waals surface area contributed by atoms with Gasteiger partial charge in [-0.3, -0.25) is 0 Å². The summed E-state index contributed by atoms with van der Waals surface area (Å²) in [5.74, 6) is 2.50. The summed E-state index contributed by atoms with van der Waals surface area (Å²) < 4.78 is 18.0. The van der Waals surface area contributed by atoms with E-state index in [0.717, 1.165) is 126 Å². The minimum absolute atomic E-state index is 0. The number of nitrogens with zero attached hydrogens (tertiary/aromatic N) is 2. The molecule has 8 aromatic carbocycles. The van der Waals surface area contributed by atoms with Crippen molar-refractivity contribution in [3.63, 3.8) is 0 Å². The normalized spacial score (nSPS) is 14.4. The van der Waals surface area contributed by atoms with Crippen LogP contribution in [0.5, 0.6) is 23.0 Å². The van der Waals surface area contributed by atoms with Gasteiger partial charge in [0.05, 0.1) is 46.7 Å². The van der Waals surface area contributed by atoms with E-state index in [1.54, 1.807) is 0 Å². The van der Waals surface area contributed by atoms with Crippen molar-refractivity contribution in [3.8, 4) is 56.6 Å². The molecule has 2 aromatic heterocycles. The van der Waals surface area contributed by atoms with E-state index in [1.165, 1.54) is 0 Å². The van der Waals surface area contributed by atoms with Crippen molar-refractivity contribution in [3.05, 3.63) is 196 Å². The van der Waals surface area contributed by atoms with E-state index in [2.05, 4.69) is 144 Å². The maximum atomic E-state index is 12.2. The number of aromatic hydroxyl groups is 2. The molecule has 0 amide bonds. The van der Waals surface area contributed by atoms with Crippen LogP contribution in [0.2, 0.25) is 0 Å². The summed E-state index contributed by atoms with van der Waals surface area (Å²) >= 11 is 0. The number of aromatic nitrogens is 2. The van der Waals surface area contributed by atoms with Crippen LogP contribution in [0.15, 0.2) is 170 Å². The van der Waals surface area contributed by atoms with Crippen LogP contribution in [0.4, 0.5) is 0 Å². The van der Waals surface area contributed by atoms with Gasteiger partial charge < -0.3 is 43.7 Å². The molecule has 0 radical (unpaired) electrons. The molecule has 0 spiro atoms. The first-order chi connectivity index (χ1) is 31.4. The van der Waals surface area contributed by atoms with Crippen molar-refractivity contribution in [2.24, 2.45) is 11.8 Å². The van der Waals surface area contributed by atoms with E-state index in [9.17, 15) is 10.2 Å². The number of hydrogen-bond donors (Lipinski definition) is 2.